The van der Waals surface area contributed by atoms with Gasteiger partial charge in [0.15, 0.2) is 6.29 Å². The summed E-state index contributed by atoms with van der Waals surface area (Å²) in [6, 6.07) is -0.633. The second-order valence-corrected chi connectivity index (χ2v) is 14.1. The Morgan fingerprint density at radius 3 is 1.67 bits per heavy atom. The van der Waals surface area contributed by atoms with Crippen molar-refractivity contribution >= 4 is 11.9 Å². The highest BCUT2D eigenvalue weighted by Gasteiger charge is 2.45. The number of rotatable bonds is 30. The minimum atomic E-state index is -1.46. The minimum absolute atomic E-state index is 0.299. The van der Waals surface area contributed by atoms with Gasteiger partial charge in [0.1, 0.15) is 30.2 Å². The van der Waals surface area contributed by atoms with Crippen LogP contribution in [-0.2, 0) is 19.0 Å². The number of alkyl carbamates (subject to hydrolysis) is 1. The van der Waals surface area contributed by atoms with Crippen molar-refractivity contribution in [2.45, 2.75) is 211 Å². The zero-order valence-electron chi connectivity index (χ0n) is 30.8. The first-order valence-corrected chi connectivity index (χ1v) is 19.4. The maximum atomic E-state index is 12.2. The van der Waals surface area contributed by atoms with Gasteiger partial charge in [0.2, 0.25) is 0 Å². The van der Waals surface area contributed by atoms with E-state index in [0.29, 0.717) is 38.1 Å². The fraction of sp³-hybridized carbons (Fsp3) is 0.946. The van der Waals surface area contributed by atoms with Crippen LogP contribution in [0, 0.1) is 0 Å². The monoisotopic (exact) mass is 705 g/mol. The molecule has 0 bridgehead atoms. The van der Waals surface area contributed by atoms with Gasteiger partial charge in [-0.2, -0.15) is 0 Å². The van der Waals surface area contributed by atoms with Crippen molar-refractivity contribution in [1.82, 2.24) is 5.32 Å². The van der Waals surface area contributed by atoms with E-state index in [0.717, 1.165) is 64.2 Å². The first-order valence-electron chi connectivity index (χ1n) is 19.4. The third kappa shape index (κ3) is 20.9. The van der Waals surface area contributed by atoms with Crippen LogP contribution in [0.25, 0.3) is 0 Å². The zero-order valence-corrected chi connectivity index (χ0v) is 30.8. The average Bonchev–Trinajstić information content (AvgIpc) is 3.07. The van der Waals surface area contributed by atoms with E-state index in [9.17, 15) is 35.1 Å². The quantitative estimate of drug-likeness (QED) is 0.0508. The fourth-order valence-corrected chi connectivity index (χ4v) is 6.28. The van der Waals surface area contributed by atoms with Gasteiger partial charge in [-0.05, 0) is 46.5 Å². The summed E-state index contributed by atoms with van der Waals surface area (Å²) >= 11 is 0. The molecule has 0 spiro atoms. The second-order valence-electron chi connectivity index (χ2n) is 14.1. The Bertz CT molecular complexity index is 833. The third-order valence-electron chi connectivity index (χ3n) is 9.59. The number of hydrogen-bond donors (Lipinski definition) is 7. The van der Waals surface area contributed by atoms with Crippen molar-refractivity contribution < 1.29 is 49.3 Å². The predicted octanol–water partition coefficient (Wildman–Crippen LogP) is 4.78. The van der Waals surface area contributed by atoms with Gasteiger partial charge in [0.05, 0.1) is 31.5 Å². The van der Waals surface area contributed by atoms with Gasteiger partial charge in [-0.15, -0.1) is 0 Å². The number of amides is 1. The molecule has 1 fully saturated rings. The largest absolute Gasteiger partial charge is 0.450 e. The maximum absolute atomic E-state index is 12.2. The summed E-state index contributed by atoms with van der Waals surface area (Å²) in [6.07, 6.45) is 13.6. The van der Waals surface area contributed by atoms with E-state index in [1.165, 1.54) is 44.9 Å². The summed E-state index contributed by atoms with van der Waals surface area (Å²) in [5, 5.41) is 52.4. The Labute approximate surface area is 295 Å². The van der Waals surface area contributed by atoms with E-state index in [1.54, 1.807) is 13.8 Å². The number of nitrogens with one attached hydrogen (secondary N) is 1. The number of aliphatic hydroxyl groups excluding tert-OH is 5. The van der Waals surface area contributed by atoms with Crippen LogP contribution in [0.3, 0.4) is 0 Å². The van der Waals surface area contributed by atoms with Gasteiger partial charge >= 0.3 is 6.09 Å². The number of hydrogen-bond acceptors (Lipinski definition) is 11. The first-order chi connectivity index (χ1) is 23.5. The molecule has 49 heavy (non-hydrogen) atoms. The van der Waals surface area contributed by atoms with Gasteiger partial charge in [-0.3, -0.25) is 4.79 Å². The fourth-order valence-electron chi connectivity index (χ4n) is 6.28. The number of unbranched alkanes of at least 4 members (excludes halogenated alkanes) is 15. The normalized spacial score (nSPS) is 23.5. The smallest absolute Gasteiger partial charge is 0.407 e. The van der Waals surface area contributed by atoms with Crippen molar-refractivity contribution in [3.05, 3.63) is 0 Å². The van der Waals surface area contributed by atoms with Gasteiger partial charge in [0, 0.05) is 18.9 Å². The topological polar surface area (TPSA) is 201 Å². The summed E-state index contributed by atoms with van der Waals surface area (Å²) in [5.74, 6) is 0.378. The summed E-state index contributed by atoms with van der Waals surface area (Å²) in [7, 11) is 0. The Balaban J connectivity index is 1.93. The molecule has 290 valence electrons. The van der Waals surface area contributed by atoms with Gasteiger partial charge < -0.3 is 50.8 Å². The van der Waals surface area contributed by atoms with Crippen molar-refractivity contribution in [3.63, 3.8) is 0 Å². The van der Waals surface area contributed by atoms with Crippen LogP contribution in [0.15, 0.2) is 0 Å². The van der Waals surface area contributed by atoms with Crippen LogP contribution in [0.2, 0.25) is 0 Å². The number of aliphatic hydroxyl groups is 5. The second kappa shape index (κ2) is 28.2. The summed E-state index contributed by atoms with van der Waals surface area (Å²) in [6.45, 7) is 5.17. The van der Waals surface area contributed by atoms with E-state index in [1.807, 2.05) is 6.92 Å². The molecular formula is C37H72N2O10. The zero-order chi connectivity index (χ0) is 36.4. The molecule has 0 aromatic carbocycles. The molecule has 9 atom stereocenters. The lowest BCUT2D eigenvalue weighted by Gasteiger charge is -2.41. The Morgan fingerprint density at radius 1 is 0.735 bits per heavy atom. The maximum Gasteiger partial charge on any atom is 0.407 e. The number of ketones is 1. The lowest BCUT2D eigenvalue weighted by atomic mass is 9.98. The number of nitrogens with two attached hydrogens (primary N) is 1. The van der Waals surface area contributed by atoms with Crippen LogP contribution in [0.5, 0.6) is 0 Å². The third-order valence-corrected chi connectivity index (χ3v) is 9.59. The number of Topliss-reactive ketones (excluding diaryl/α,β-unsaturated/α-hetero) is 1. The summed E-state index contributed by atoms with van der Waals surface area (Å²) in [4.78, 5) is 23.6. The molecule has 0 radical (unpaired) electrons. The van der Waals surface area contributed by atoms with Crippen LogP contribution in [-0.4, -0.2) is 106 Å². The Kier molecular flexibility index (Phi) is 26.3. The molecule has 0 aromatic heterocycles. The van der Waals surface area contributed by atoms with Gasteiger partial charge in [-0.1, -0.05) is 96.3 Å². The highest BCUT2D eigenvalue weighted by atomic mass is 16.7. The molecule has 1 aliphatic rings. The predicted molar refractivity (Wildman–Crippen MR) is 190 cm³/mol. The van der Waals surface area contributed by atoms with Crippen LogP contribution in [0.1, 0.15) is 156 Å². The highest BCUT2D eigenvalue weighted by molar-refractivity contribution is 5.78. The minimum Gasteiger partial charge on any atom is -0.450 e. The molecule has 0 aliphatic carbocycles. The Morgan fingerprint density at radius 2 is 1.20 bits per heavy atom. The summed E-state index contributed by atoms with van der Waals surface area (Å²) in [5.41, 5.74) is 6.10. The van der Waals surface area contributed by atoms with E-state index >= 15 is 0 Å². The van der Waals surface area contributed by atoms with E-state index in [4.69, 9.17) is 19.9 Å². The molecule has 1 aliphatic heterocycles. The van der Waals surface area contributed by atoms with Gasteiger partial charge in [0.25, 0.3) is 0 Å². The molecule has 1 amide bonds. The van der Waals surface area contributed by atoms with E-state index in [2.05, 4.69) is 5.32 Å². The van der Waals surface area contributed by atoms with E-state index in [-0.39, 0.29) is 18.2 Å². The molecule has 12 heteroatoms. The molecule has 0 aromatic rings. The molecule has 1 saturated heterocycles. The first kappa shape index (κ1) is 45.6. The molecule has 1 rings (SSSR count). The van der Waals surface area contributed by atoms with Crippen LogP contribution in [0.4, 0.5) is 4.79 Å². The van der Waals surface area contributed by atoms with Crippen molar-refractivity contribution in [1.29, 1.82) is 0 Å². The number of carbonyl (C=O) groups excluding carboxylic acids is 2. The molecule has 12 nitrogen and oxygen atoms in total. The summed E-state index contributed by atoms with van der Waals surface area (Å²) < 4.78 is 16.2. The Hall–Kier alpha value is -1.38. The standard InChI is InChI=1S/C37H72N2O10/c1-4-47-37(46)39-28(3)30(42)24-20-16-13-15-19-23-29(41)22-18-14-11-9-7-5-6-8-10-12-17-21-25-31(27(2)38)48-36-35(45)34(44)33(43)32(26-40)49-36/h27-28,30-36,40,42-45H,4-26,38H2,1-3H3,(H,39,46)/t27-,28-,30-,31-,32-,33+,34+,35-,36-/m1/s1. The molecule has 0 saturated carbocycles. The molecular weight excluding hydrogens is 632 g/mol. The molecule has 0 unspecified atom stereocenters. The highest BCUT2D eigenvalue weighted by Crippen LogP contribution is 2.25. The van der Waals surface area contributed by atoms with Gasteiger partial charge in [-0.25, -0.2) is 4.79 Å². The lowest BCUT2D eigenvalue weighted by Crippen LogP contribution is -2.60. The van der Waals surface area contributed by atoms with Crippen molar-refractivity contribution in [2.75, 3.05) is 13.2 Å². The van der Waals surface area contributed by atoms with Crippen molar-refractivity contribution in [2.24, 2.45) is 5.73 Å². The number of carbonyl (C=O) groups is 2. The van der Waals surface area contributed by atoms with Crippen molar-refractivity contribution in [3.8, 4) is 0 Å². The van der Waals surface area contributed by atoms with Crippen LogP contribution >= 0.6 is 0 Å². The average molecular weight is 705 g/mol. The number of ether oxygens (including phenoxy) is 3. The lowest BCUT2D eigenvalue weighted by molar-refractivity contribution is -0.312. The van der Waals surface area contributed by atoms with Crippen LogP contribution < -0.4 is 11.1 Å². The SMILES string of the molecule is CCOC(=O)N[C@H](C)[C@H](O)CCCCCCCC(=O)CCCCCCCCCCCCCC[C@@H](O[C@@H]1O[C@H](CO)[C@H](O)[C@H](O)[C@H]1O)[C@@H](C)N. The molecule has 8 N–H and O–H groups in total. The molecule has 1 heterocycles. The van der Waals surface area contributed by atoms with E-state index < -0.39 is 49.5 Å².